The van der Waals surface area contributed by atoms with Crippen molar-refractivity contribution in [3.63, 3.8) is 0 Å². The summed E-state index contributed by atoms with van der Waals surface area (Å²) in [5.41, 5.74) is 3.25. The monoisotopic (exact) mass is 542 g/mol. The van der Waals surface area contributed by atoms with E-state index in [0.29, 0.717) is 11.3 Å². The molecule has 3 heterocycles. The molecular weight excluding hydrogens is 510 g/mol. The number of aromatic nitrogens is 2. The number of nitrogens with one attached hydrogen (secondary N) is 1. The normalized spacial score (nSPS) is 20.4. The predicted octanol–water partition coefficient (Wildman–Crippen LogP) is 5.15. The Morgan fingerprint density at radius 2 is 1.80 bits per heavy atom. The van der Waals surface area contributed by atoms with Crippen LogP contribution >= 0.6 is 0 Å². The second-order valence-corrected chi connectivity index (χ2v) is 11.3. The minimum Gasteiger partial charge on any atom is -0.347 e. The van der Waals surface area contributed by atoms with Gasteiger partial charge in [0.1, 0.15) is 12.2 Å². The Kier molecular flexibility index (Phi) is 6.64. The SMILES string of the molecule is Cn1c(CC(=O)N2C[C@H](F)C[C@H]2C(=O)N[C@@H](c2ccccc2)c2ccc(C3(C)CC3)c(F)n2)cc2ccccc21. The molecule has 6 nitrogen and oxygen atoms in total. The Bertz CT molecular complexity index is 1580. The largest absolute Gasteiger partial charge is 0.347 e. The van der Waals surface area contributed by atoms with Gasteiger partial charge in [-0.3, -0.25) is 9.59 Å². The van der Waals surface area contributed by atoms with Gasteiger partial charge in [-0.15, -0.1) is 0 Å². The number of rotatable bonds is 7. The number of halogens is 2. The topological polar surface area (TPSA) is 67.2 Å². The highest BCUT2D eigenvalue weighted by Gasteiger charge is 2.43. The van der Waals surface area contributed by atoms with E-state index in [0.717, 1.165) is 35.0 Å². The highest BCUT2D eigenvalue weighted by molar-refractivity contribution is 5.90. The number of likely N-dealkylation sites (tertiary alicyclic amines) is 1. The van der Waals surface area contributed by atoms with Crippen LogP contribution in [-0.4, -0.2) is 45.0 Å². The fraction of sp³-hybridized carbons (Fsp3) is 0.344. The number of carbonyl (C=O) groups is 2. The summed E-state index contributed by atoms with van der Waals surface area (Å²) in [6.45, 7) is 1.87. The lowest BCUT2D eigenvalue weighted by molar-refractivity contribution is -0.138. The van der Waals surface area contributed by atoms with Gasteiger partial charge in [-0.25, -0.2) is 9.37 Å². The van der Waals surface area contributed by atoms with Crippen LogP contribution in [0.25, 0.3) is 10.9 Å². The molecule has 2 aromatic carbocycles. The van der Waals surface area contributed by atoms with E-state index in [1.54, 1.807) is 12.1 Å². The Balaban J connectivity index is 1.25. The van der Waals surface area contributed by atoms with Gasteiger partial charge in [0.15, 0.2) is 0 Å². The van der Waals surface area contributed by atoms with Gasteiger partial charge in [0.25, 0.3) is 0 Å². The number of carbonyl (C=O) groups excluding carboxylic acids is 2. The van der Waals surface area contributed by atoms with Gasteiger partial charge in [-0.05, 0) is 47.4 Å². The lowest BCUT2D eigenvalue weighted by atomic mass is 9.97. The maximum absolute atomic E-state index is 15.1. The summed E-state index contributed by atoms with van der Waals surface area (Å²) in [5.74, 6) is -1.34. The third-order valence-electron chi connectivity index (χ3n) is 8.49. The van der Waals surface area contributed by atoms with Crippen molar-refractivity contribution in [2.75, 3.05) is 6.54 Å². The van der Waals surface area contributed by atoms with Crippen molar-refractivity contribution in [3.05, 3.63) is 101 Å². The molecule has 1 aliphatic carbocycles. The molecule has 0 unspecified atom stereocenters. The number of benzene rings is 2. The fourth-order valence-corrected chi connectivity index (χ4v) is 5.81. The Morgan fingerprint density at radius 3 is 2.50 bits per heavy atom. The molecule has 206 valence electrons. The lowest BCUT2D eigenvalue weighted by Gasteiger charge is -2.27. The number of hydrogen-bond donors (Lipinski definition) is 1. The highest BCUT2D eigenvalue weighted by Crippen LogP contribution is 2.48. The molecule has 0 radical (unpaired) electrons. The lowest BCUT2D eigenvalue weighted by Crippen LogP contribution is -2.47. The molecule has 8 heteroatoms. The number of nitrogens with zero attached hydrogens (tertiary/aromatic N) is 3. The second-order valence-electron chi connectivity index (χ2n) is 11.3. The van der Waals surface area contributed by atoms with Gasteiger partial charge in [0, 0.05) is 30.2 Å². The zero-order valence-electron chi connectivity index (χ0n) is 22.6. The molecule has 3 atom stereocenters. The maximum atomic E-state index is 15.1. The van der Waals surface area contributed by atoms with Crippen molar-refractivity contribution in [2.24, 2.45) is 7.05 Å². The van der Waals surface area contributed by atoms with Gasteiger partial charge < -0.3 is 14.8 Å². The third kappa shape index (κ3) is 4.87. The van der Waals surface area contributed by atoms with E-state index >= 15 is 4.39 Å². The maximum Gasteiger partial charge on any atom is 0.243 e. The first kappa shape index (κ1) is 26.2. The average molecular weight is 543 g/mol. The van der Waals surface area contributed by atoms with E-state index in [9.17, 15) is 14.0 Å². The molecule has 4 aromatic rings. The van der Waals surface area contributed by atoms with Crippen LogP contribution in [0.4, 0.5) is 8.78 Å². The number of pyridine rings is 1. The minimum atomic E-state index is -1.31. The Morgan fingerprint density at radius 1 is 1.07 bits per heavy atom. The van der Waals surface area contributed by atoms with Crippen LogP contribution in [0.2, 0.25) is 0 Å². The predicted molar refractivity (Wildman–Crippen MR) is 149 cm³/mol. The molecule has 6 rings (SSSR count). The van der Waals surface area contributed by atoms with Gasteiger partial charge in [-0.2, -0.15) is 4.39 Å². The van der Waals surface area contributed by atoms with Crippen molar-refractivity contribution >= 4 is 22.7 Å². The van der Waals surface area contributed by atoms with E-state index in [4.69, 9.17) is 0 Å². The molecule has 1 aliphatic heterocycles. The summed E-state index contributed by atoms with van der Waals surface area (Å²) in [6.07, 6.45) is 0.484. The van der Waals surface area contributed by atoms with Crippen LogP contribution in [0.15, 0.2) is 72.8 Å². The summed E-state index contributed by atoms with van der Waals surface area (Å²) in [7, 11) is 1.89. The van der Waals surface area contributed by atoms with Crippen molar-refractivity contribution < 1.29 is 18.4 Å². The summed E-state index contributed by atoms with van der Waals surface area (Å²) in [5, 5.41) is 3.97. The van der Waals surface area contributed by atoms with Crippen LogP contribution < -0.4 is 5.32 Å². The smallest absolute Gasteiger partial charge is 0.243 e. The average Bonchev–Trinajstić information content (AvgIpc) is 3.45. The summed E-state index contributed by atoms with van der Waals surface area (Å²) >= 11 is 0. The van der Waals surface area contributed by atoms with Crippen molar-refractivity contribution in [2.45, 2.75) is 56.3 Å². The van der Waals surface area contributed by atoms with E-state index in [1.165, 1.54) is 4.90 Å². The van der Waals surface area contributed by atoms with Gasteiger partial charge in [0.2, 0.25) is 17.8 Å². The molecule has 2 fully saturated rings. The zero-order chi connectivity index (χ0) is 28.0. The van der Waals surface area contributed by atoms with E-state index < -0.39 is 30.1 Å². The molecule has 40 heavy (non-hydrogen) atoms. The number of hydrogen-bond acceptors (Lipinski definition) is 3. The molecule has 1 saturated heterocycles. The van der Waals surface area contributed by atoms with E-state index in [1.807, 2.05) is 79.2 Å². The van der Waals surface area contributed by atoms with Crippen molar-refractivity contribution in [1.82, 2.24) is 19.8 Å². The number of para-hydroxylation sites is 1. The van der Waals surface area contributed by atoms with Crippen LogP contribution in [0.5, 0.6) is 0 Å². The first-order valence-corrected chi connectivity index (χ1v) is 13.7. The number of alkyl halides is 1. The highest BCUT2D eigenvalue weighted by atomic mass is 19.1. The third-order valence-corrected chi connectivity index (χ3v) is 8.49. The summed E-state index contributed by atoms with van der Waals surface area (Å²) in [6, 6.07) is 20.7. The first-order valence-electron chi connectivity index (χ1n) is 13.7. The van der Waals surface area contributed by atoms with Crippen molar-refractivity contribution in [1.29, 1.82) is 0 Å². The molecule has 2 amide bonds. The number of fused-ring (bicyclic) bond motifs is 1. The van der Waals surface area contributed by atoms with Crippen LogP contribution in [0, 0.1) is 5.95 Å². The van der Waals surface area contributed by atoms with E-state index in [-0.39, 0.29) is 30.7 Å². The van der Waals surface area contributed by atoms with Crippen LogP contribution in [-0.2, 0) is 28.5 Å². The quantitative estimate of drug-likeness (QED) is 0.329. The molecule has 1 N–H and O–H groups in total. The molecule has 2 aromatic heterocycles. The summed E-state index contributed by atoms with van der Waals surface area (Å²) < 4.78 is 31.7. The molecule has 0 spiro atoms. The zero-order valence-corrected chi connectivity index (χ0v) is 22.6. The van der Waals surface area contributed by atoms with Gasteiger partial charge in [-0.1, -0.05) is 61.5 Å². The van der Waals surface area contributed by atoms with Gasteiger partial charge in [0.05, 0.1) is 24.7 Å². The molecule has 2 aliphatic rings. The Hall–Kier alpha value is -4.07. The molecule has 0 bridgehead atoms. The number of amides is 2. The van der Waals surface area contributed by atoms with Crippen LogP contribution in [0.3, 0.4) is 0 Å². The van der Waals surface area contributed by atoms with Crippen molar-refractivity contribution in [3.8, 4) is 0 Å². The fourth-order valence-electron chi connectivity index (χ4n) is 5.81. The molecular formula is C32H32F2N4O2. The second kappa shape index (κ2) is 10.2. The standard InChI is InChI=1S/C32H32F2N4O2/c1-32(14-15-32)24-12-13-25(35-30(24)34)29(20-8-4-3-5-9-20)36-31(40)27-17-22(33)19-38(27)28(39)18-23-16-21-10-6-7-11-26(21)37(23)2/h3-13,16,22,27,29H,14-15,17-19H2,1-2H3,(H,36,40)/t22-,27+,29+/m1/s1. The number of aryl methyl sites for hydroxylation is 1. The summed E-state index contributed by atoms with van der Waals surface area (Å²) in [4.78, 5) is 32.7. The van der Waals surface area contributed by atoms with Crippen LogP contribution in [0.1, 0.15) is 54.7 Å². The van der Waals surface area contributed by atoms with E-state index in [2.05, 4.69) is 10.3 Å². The first-order chi connectivity index (χ1) is 19.2. The minimum absolute atomic E-state index is 0.0524. The Labute approximate surface area is 232 Å². The van der Waals surface area contributed by atoms with Gasteiger partial charge >= 0.3 is 0 Å². The molecule has 1 saturated carbocycles.